The van der Waals surface area contributed by atoms with Gasteiger partial charge in [0.05, 0.1) is 16.9 Å². The summed E-state index contributed by atoms with van der Waals surface area (Å²) in [6.07, 6.45) is 0. The number of aromatic nitrogens is 2. The zero-order chi connectivity index (χ0) is 18.0. The Bertz CT molecular complexity index is 824. The molecule has 25 heavy (non-hydrogen) atoms. The van der Waals surface area contributed by atoms with E-state index in [0.29, 0.717) is 25.0 Å². The number of carbonyl (C=O) groups is 1. The topological polar surface area (TPSA) is 70.5 Å². The van der Waals surface area contributed by atoms with E-state index >= 15 is 0 Å². The third-order valence-electron chi connectivity index (χ3n) is 4.87. The zero-order valence-corrected chi connectivity index (χ0v) is 15.0. The second kappa shape index (κ2) is 7.23. The fourth-order valence-electron chi connectivity index (χ4n) is 3.35. The molecule has 0 bridgehead atoms. The van der Waals surface area contributed by atoms with E-state index in [9.17, 15) is 9.59 Å². The molecule has 0 saturated carbocycles. The molecule has 1 unspecified atom stereocenters. The maximum absolute atomic E-state index is 12.6. The minimum Gasteiger partial charge on any atom is -0.338 e. The molecule has 1 aliphatic heterocycles. The maximum atomic E-state index is 12.6. The summed E-state index contributed by atoms with van der Waals surface area (Å²) < 4.78 is 1.64. The van der Waals surface area contributed by atoms with Gasteiger partial charge < -0.3 is 10.2 Å². The van der Waals surface area contributed by atoms with Gasteiger partial charge in [-0.3, -0.25) is 14.3 Å². The van der Waals surface area contributed by atoms with Crippen molar-refractivity contribution in [2.75, 3.05) is 32.7 Å². The summed E-state index contributed by atoms with van der Waals surface area (Å²) in [4.78, 5) is 33.3. The Morgan fingerprint density at radius 3 is 2.60 bits per heavy atom. The Morgan fingerprint density at radius 2 is 1.92 bits per heavy atom. The lowest BCUT2D eigenvalue weighted by Gasteiger charge is -2.38. The van der Waals surface area contributed by atoms with E-state index in [4.69, 9.17) is 4.98 Å². The Morgan fingerprint density at radius 1 is 1.24 bits per heavy atom. The second-order valence-electron chi connectivity index (χ2n) is 6.39. The first-order valence-electron chi connectivity index (χ1n) is 8.75. The first kappa shape index (κ1) is 17.4. The van der Waals surface area contributed by atoms with Crippen LogP contribution in [0.5, 0.6) is 0 Å². The van der Waals surface area contributed by atoms with Crippen LogP contribution >= 0.6 is 0 Å². The van der Waals surface area contributed by atoms with Crippen LogP contribution in [-0.4, -0.2) is 58.1 Å². The number of urea groups is 1. The van der Waals surface area contributed by atoms with Gasteiger partial charge in [0.1, 0.15) is 5.82 Å². The van der Waals surface area contributed by atoms with Gasteiger partial charge in [0.15, 0.2) is 0 Å². The summed E-state index contributed by atoms with van der Waals surface area (Å²) in [7, 11) is 1.78. The highest BCUT2D eigenvalue weighted by Gasteiger charge is 2.26. The Balaban J connectivity index is 1.79. The highest BCUT2D eigenvalue weighted by atomic mass is 16.2. The lowest BCUT2D eigenvalue weighted by atomic mass is 10.2. The van der Waals surface area contributed by atoms with Gasteiger partial charge in [-0.15, -0.1) is 0 Å². The molecule has 0 aliphatic carbocycles. The van der Waals surface area contributed by atoms with Crippen molar-refractivity contribution in [3.8, 4) is 0 Å². The molecule has 1 N–H and O–H groups in total. The van der Waals surface area contributed by atoms with Gasteiger partial charge in [0.25, 0.3) is 5.56 Å². The highest BCUT2D eigenvalue weighted by molar-refractivity contribution is 5.77. The molecular formula is C18H25N5O2. The molecule has 1 atom stereocenters. The van der Waals surface area contributed by atoms with E-state index in [1.54, 1.807) is 11.6 Å². The van der Waals surface area contributed by atoms with Crippen LogP contribution in [0.15, 0.2) is 29.1 Å². The Hall–Kier alpha value is -2.41. The predicted molar refractivity (Wildman–Crippen MR) is 97.6 cm³/mol. The fourth-order valence-corrected chi connectivity index (χ4v) is 3.35. The molecule has 1 fully saturated rings. The number of hydrogen-bond donors (Lipinski definition) is 1. The first-order valence-corrected chi connectivity index (χ1v) is 8.75. The smallest absolute Gasteiger partial charge is 0.317 e. The fraction of sp³-hybridized carbons (Fsp3) is 0.500. The molecular weight excluding hydrogens is 318 g/mol. The van der Waals surface area contributed by atoms with Crippen LogP contribution in [0.2, 0.25) is 0 Å². The summed E-state index contributed by atoms with van der Waals surface area (Å²) in [6.45, 7) is 7.51. The lowest BCUT2D eigenvalue weighted by Crippen LogP contribution is -2.52. The van der Waals surface area contributed by atoms with E-state index in [1.807, 2.05) is 36.1 Å². The number of benzene rings is 1. The van der Waals surface area contributed by atoms with Gasteiger partial charge in [-0.25, -0.2) is 9.78 Å². The molecule has 7 heteroatoms. The number of nitrogens with one attached hydrogen (secondary N) is 1. The number of fused-ring (bicyclic) bond motifs is 1. The summed E-state index contributed by atoms with van der Waals surface area (Å²) in [5.74, 6) is 0.759. The molecule has 3 rings (SSSR count). The van der Waals surface area contributed by atoms with Crippen LogP contribution in [0.1, 0.15) is 25.7 Å². The van der Waals surface area contributed by atoms with Crippen molar-refractivity contribution in [3.63, 3.8) is 0 Å². The van der Waals surface area contributed by atoms with E-state index in [-0.39, 0.29) is 17.6 Å². The number of carbonyl (C=O) groups excluding carboxylic acids is 1. The Kier molecular flexibility index (Phi) is 5.03. The maximum Gasteiger partial charge on any atom is 0.317 e. The summed E-state index contributed by atoms with van der Waals surface area (Å²) in [6, 6.07) is 7.44. The van der Waals surface area contributed by atoms with E-state index in [0.717, 1.165) is 24.4 Å². The molecule has 7 nitrogen and oxygen atoms in total. The lowest BCUT2D eigenvalue weighted by molar-refractivity contribution is 0.110. The molecule has 1 aromatic carbocycles. The third kappa shape index (κ3) is 3.37. The normalized spacial score (nSPS) is 16.8. The quantitative estimate of drug-likeness (QED) is 0.913. The average molecular weight is 343 g/mol. The van der Waals surface area contributed by atoms with Crippen molar-refractivity contribution in [2.24, 2.45) is 7.05 Å². The van der Waals surface area contributed by atoms with Crippen molar-refractivity contribution < 1.29 is 4.79 Å². The van der Waals surface area contributed by atoms with Crippen LogP contribution in [0, 0.1) is 0 Å². The van der Waals surface area contributed by atoms with Gasteiger partial charge >= 0.3 is 6.03 Å². The first-order chi connectivity index (χ1) is 12.0. The van der Waals surface area contributed by atoms with Crippen molar-refractivity contribution in [2.45, 2.75) is 19.9 Å². The van der Waals surface area contributed by atoms with Crippen LogP contribution < -0.4 is 10.9 Å². The predicted octanol–water partition coefficient (Wildman–Crippen LogP) is 1.34. The van der Waals surface area contributed by atoms with E-state index in [2.05, 4.69) is 17.1 Å². The molecule has 134 valence electrons. The molecule has 1 saturated heterocycles. The largest absolute Gasteiger partial charge is 0.338 e. The van der Waals surface area contributed by atoms with Crippen LogP contribution in [0.3, 0.4) is 0 Å². The van der Waals surface area contributed by atoms with Crippen LogP contribution in [-0.2, 0) is 7.05 Å². The number of nitrogens with zero attached hydrogens (tertiary/aromatic N) is 4. The van der Waals surface area contributed by atoms with E-state index < -0.39 is 0 Å². The molecule has 2 heterocycles. The van der Waals surface area contributed by atoms with Gasteiger partial charge in [-0.05, 0) is 26.0 Å². The molecule has 0 radical (unpaired) electrons. The Labute approximate surface area is 147 Å². The van der Waals surface area contributed by atoms with Crippen LogP contribution in [0.4, 0.5) is 4.79 Å². The zero-order valence-electron chi connectivity index (χ0n) is 15.0. The summed E-state index contributed by atoms with van der Waals surface area (Å²) in [5.41, 5.74) is 0.710. The minimum atomic E-state index is -0.0200. The van der Waals surface area contributed by atoms with Crippen LogP contribution in [0.25, 0.3) is 10.9 Å². The molecule has 2 aromatic rings. The molecule has 1 aromatic heterocycles. The monoisotopic (exact) mass is 343 g/mol. The number of rotatable bonds is 3. The van der Waals surface area contributed by atoms with E-state index in [1.165, 1.54) is 0 Å². The number of piperazine rings is 1. The van der Waals surface area contributed by atoms with Gasteiger partial charge in [0.2, 0.25) is 0 Å². The number of hydrogen-bond acceptors (Lipinski definition) is 4. The molecule has 0 spiro atoms. The second-order valence-corrected chi connectivity index (χ2v) is 6.39. The standard InChI is InChI=1S/C18H25N5O2/c1-4-19-18(25)23-11-9-22(10-12-23)13(2)16-20-15-8-6-5-7-14(15)17(24)21(16)3/h5-8,13H,4,9-12H2,1-3H3,(H,19,25). The van der Waals surface area contributed by atoms with Crippen molar-refractivity contribution in [1.82, 2.24) is 24.7 Å². The highest BCUT2D eigenvalue weighted by Crippen LogP contribution is 2.20. The SMILES string of the molecule is CCNC(=O)N1CCN(C(C)c2nc3ccccc3c(=O)n2C)CC1. The van der Waals surface area contributed by atoms with Gasteiger partial charge in [-0.2, -0.15) is 0 Å². The summed E-state index contributed by atoms with van der Waals surface area (Å²) in [5, 5.41) is 3.48. The van der Waals surface area contributed by atoms with Crippen molar-refractivity contribution >= 4 is 16.9 Å². The van der Waals surface area contributed by atoms with Gasteiger partial charge in [0, 0.05) is 39.8 Å². The van der Waals surface area contributed by atoms with Crippen molar-refractivity contribution in [3.05, 3.63) is 40.4 Å². The van der Waals surface area contributed by atoms with Gasteiger partial charge in [-0.1, -0.05) is 12.1 Å². The number of amides is 2. The summed E-state index contributed by atoms with van der Waals surface area (Å²) >= 11 is 0. The number of para-hydroxylation sites is 1. The third-order valence-corrected chi connectivity index (χ3v) is 4.87. The minimum absolute atomic E-state index is 0.00830. The average Bonchev–Trinajstić information content (AvgIpc) is 2.64. The molecule has 1 aliphatic rings. The molecule has 2 amide bonds. The van der Waals surface area contributed by atoms with Crippen molar-refractivity contribution in [1.29, 1.82) is 0 Å².